The van der Waals surface area contributed by atoms with Crippen molar-refractivity contribution in [3.63, 3.8) is 0 Å². The first-order chi connectivity index (χ1) is 12.3. The normalized spacial score (nSPS) is 11.5. The Balaban J connectivity index is 2.16. The van der Waals surface area contributed by atoms with Gasteiger partial charge >= 0.3 is 0 Å². The number of nitrogens with one attached hydrogen (secondary N) is 1. The molecule has 26 heavy (non-hydrogen) atoms. The summed E-state index contributed by atoms with van der Waals surface area (Å²) in [6, 6.07) is 11.4. The molecule has 0 saturated carbocycles. The molecule has 2 aromatic rings. The summed E-state index contributed by atoms with van der Waals surface area (Å²) in [5, 5.41) is 12.5. The Hall–Kier alpha value is -2.93. The summed E-state index contributed by atoms with van der Waals surface area (Å²) >= 11 is 0. The zero-order chi connectivity index (χ0) is 19.3. The molecule has 0 bridgehead atoms. The van der Waals surface area contributed by atoms with E-state index < -0.39 is 16.7 Å². The van der Waals surface area contributed by atoms with Crippen molar-refractivity contribution in [3.8, 4) is 5.75 Å². The van der Waals surface area contributed by atoms with Gasteiger partial charge in [0, 0.05) is 41.2 Å². The van der Waals surface area contributed by atoms with Crippen LogP contribution in [0, 0.1) is 0 Å². The average Bonchev–Trinajstić information content (AvgIpc) is 2.63. The van der Waals surface area contributed by atoms with Crippen LogP contribution in [0.25, 0.3) is 0 Å². The Bertz CT molecular complexity index is 862. The number of hydrogen-bond acceptors (Lipinski definition) is 4. The molecule has 6 nitrogen and oxygen atoms in total. The Morgan fingerprint density at radius 1 is 1.23 bits per heavy atom. The fraction of sp³-hybridized carbons (Fsp3) is 0.158. The van der Waals surface area contributed by atoms with Crippen LogP contribution in [0.1, 0.15) is 15.9 Å². The molecule has 0 spiro atoms. The maximum absolute atomic E-state index is 12.6. The van der Waals surface area contributed by atoms with Crippen molar-refractivity contribution < 1.29 is 18.9 Å². The highest BCUT2D eigenvalue weighted by atomic mass is 32.2. The van der Waals surface area contributed by atoms with Gasteiger partial charge in [0.05, 0.1) is 5.56 Å². The van der Waals surface area contributed by atoms with Crippen molar-refractivity contribution >= 4 is 28.3 Å². The first-order valence-electron chi connectivity index (χ1n) is 7.76. The van der Waals surface area contributed by atoms with Crippen LogP contribution in [0.4, 0.5) is 5.69 Å². The molecule has 0 fully saturated rings. The van der Waals surface area contributed by atoms with Gasteiger partial charge in [-0.3, -0.25) is 13.8 Å². The molecular formula is C19H20N2O4S. The van der Waals surface area contributed by atoms with Gasteiger partial charge in [-0.05, 0) is 42.0 Å². The van der Waals surface area contributed by atoms with Crippen LogP contribution in [0.15, 0.2) is 60.0 Å². The highest BCUT2D eigenvalue weighted by molar-refractivity contribution is 7.84. The van der Waals surface area contributed by atoms with Crippen LogP contribution in [-0.2, 0) is 22.1 Å². The van der Waals surface area contributed by atoms with Gasteiger partial charge in [0.25, 0.3) is 5.91 Å². The lowest BCUT2D eigenvalue weighted by molar-refractivity contribution is -0.111. The van der Waals surface area contributed by atoms with Gasteiger partial charge in [0.15, 0.2) is 0 Å². The lowest BCUT2D eigenvalue weighted by atomic mass is 10.1. The number of anilines is 1. The second-order valence-electron chi connectivity index (χ2n) is 5.68. The highest BCUT2D eigenvalue weighted by Gasteiger charge is 2.17. The number of hydrogen-bond donors (Lipinski definition) is 2. The van der Waals surface area contributed by atoms with Gasteiger partial charge in [-0.15, -0.1) is 0 Å². The Kier molecular flexibility index (Phi) is 6.30. The minimum absolute atomic E-state index is 0.0839. The summed E-state index contributed by atoms with van der Waals surface area (Å²) in [4.78, 5) is 26.2. The van der Waals surface area contributed by atoms with E-state index in [9.17, 15) is 18.9 Å². The third-order valence-corrected chi connectivity index (χ3v) is 4.64. The molecule has 0 aromatic heterocycles. The van der Waals surface area contributed by atoms with Crippen LogP contribution >= 0.6 is 0 Å². The SMILES string of the molecule is C=CC(=O)Nc1ccc(O)c(C(=O)N(C)Cc2ccc(S(C)=O)cc2)c1. The zero-order valence-corrected chi connectivity index (χ0v) is 15.4. The number of amides is 2. The van der Waals surface area contributed by atoms with Crippen LogP contribution in [0.5, 0.6) is 5.75 Å². The quantitative estimate of drug-likeness (QED) is 0.603. The molecule has 1 unspecified atom stereocenters. The molecule has 2 N–H and O–H groups in total. The summed E-state index contributed by atoms with van der Waals surface area (Å²) in [6.45, 7) is 3.69. The second-order valence-corrected chi connectivity index (χ2v) is 7.06. The number of phenols is 1. The number of benzene rings is 2. The Morgan fingerprint density at radius 2 is 1.88 bits per heavy atom. The van der Waals surface area contributed by atoms with Gasteiger partial charge in [-0.2, -0.15) is 0 Å². The summed E-state index contributed by atoms with van der Waals surface area (Å²) in [5.74, 6) is -0.966. The minimum atomic E-state index is -1.06. The van der Waals surface area contributed by atoms with Crippen LogP contribution in [0.2, 0.25) is 0 Å². The van der Waals surface area contributed by atoms with Gasteiger partial charge < -0.3 is 15.3 Å². The van der Waals surface area contributed by atoms with Crippen molar-refractivity contribution in [1.29, 1.82) is 0 Å². The lowest BCUT2D eigenvalue weighted by Gasteiger charge is -2.18. The fourth-order valence-corrected chi connectivity index (χ4v) is 2.84. The van der Waals surface area contributed by atoms with E-state index in [0.29, 0.717) is 17.1 Å². The molecule has 0 radical (unpaired) electrons. The molecule has 0 heterocycles. The van der Waals surface area contributed by atoms with E-state index in [4.69, 9.17) is 0 Å². The number of rotatable bonds is 6. The van der Waals surface area contributed by atoms with Gasteiger partial charge in [0.1, 0.15) is 5.75 Å². The van der Waals surface area contributed by atoms with Crippen molar-refractivity contribution in [2.45, 2.75) is 11.4 Å². The van der Waals surface area contributed by atoms with Gasteiger partial charge in [-0.25, -0.2) is 0 Å². The number of carbonyl (C=O) groups excluding carboxylic acids is 2. The molecule has 0 aliphatic heterocycles. The molecule has 0 aliphatic carbocycles. The fourth-order valence-electron chi connectivity index (χ4n) is 2.32. The van der Waals surface area contributed by atoms with Gasteiger partial charge in [-0.1, -0.05) is 18.7 Å². The monoisotopic (exact) mass is 372 g/mol. The molecule has 136 valence electrons. The smallest absolute Gasteiger partial charge is 0.257 e. The third-order valence-electron chi connectivity index (χ3n) is 3.70. The van der Waals surface area contributed by atoms with Crippen molar-refractivity contribution in [2.75, 3.05) is 18.6 Å². The zero-order valence-electron chi connectivity index (χ0n) is 14.6. The van der Waals surface area contributed by atoms with Crippen LogP contribution in [0.3, 0.4) is 0 Å². The first kappa shape index (κ1) is 19.4. The van der Waals surface area contributed by atoms with E-state index in [0.717, 1.165) is 11.6 Å². The standard InChI is InChI=1S/C19H20N2O4S/c1-4-18(23)20-14-7-10-17(22)16(11-14)19(24)21(2)12-13-5-8-15(9-6-13)26(3)25/h4-11,22H,1,12H2,2-3H3,(H,20,23). The predicted molar refractivity (Wildman–Crippen MR) is 102 cm³/mol. The molecule has 0 aliphatic rings. The number of nitrogens with zero attached hydrogens (tertiary/aromatic N) is 1. The Labute approximate surface area is 154 Å². The topological polar surface area (TPSA) is 86.7 Å². The number of carbonyl (C=O) groups is 2. The summed E-state index contributed by atoms with van der Waals surface area (Å²) in [7, 11) is 0.559. The summed E-state index contributed by atoms with van der Waals surface area (Å²) < 4.78 is 11.4. The predicted octanol–water partition coefficient (Wildman–Crippen LogP) is 2.53. The van der Waals surface area contributed by atoms with E-state index in [1.165, 1.54) is 23.1 Å². The largest absolute Gasteiger partial charge is 0.507 e. The molecule has 2 amide bonds. The van der Waals surface area contributed by atoms with Crippen molar-refractivity contribution in [3.05, 3.63) is 66.2 Å². The molecule has 2 aromatic carbocycles. The van der Waals surface area contributed by atoms with Gasteiger partial charge in [0.2, 0.25) is 5.91 Å². The first-order valence-corrected chi connectivity index (χ1v) is 9.32. The van der Waals surface area contributed by atoms with E-state index in [1.54, 1.807) is 37.6 Å². The number of aromatic hydroxyl groups is 1. The Morgan fingerprint density at radius 3 is 2.46 bits per heavy atom. The molecule has 2 rings (SSSR count). The minimum Gasteiger partial charge on any atom is -0.507 e. The third kappa shape index (κ3) is 4.80. The van der Waals surface area contributed by atoms with E-state index in [2.05, 4.69) is 11.9 Å². The number of phenolic OH excluding ortho intramolecular Hbond substituents is 1. The van der Waals surface area contributed by atoms with Crippen LogP contribution in [-0.4, -0.2) is 39.3 Å². The van der Waals surface area contributed by atoms with Crippen molar-refractivity contribution in [1.82, 2.24) is 4.90 Å². The highest BCUT2D eigenvalue weighted by Crippen LogP contribution is 2.23. The summed E-state index contributed by atoms with van der Waals surface area (Å²) in [6.07, 6.45) is 2.72. The lowest BCUT2D eigenvalue weighted by Crippen LogP contribution is -2.26. The maximum Gasteiger partial charge on any atom is 0.257 e. The van der Waals surface area contributed by atoms with E-state index in [1.807, 2.05) is 0 Å². The molecule has 7 heteroatoms. The maximum atomic E-state index is 12.6. The van der Waals surface area contributed by atoms with Crippen LogP contribution < -0.4 is 5.32 Å². The van der Waals surface area contributed by atoms with Crippen molar-refractivity contribution in [2.24, 2.45) is 0 Å². The molecule has 1 atom stereocenters. The van der Waals surface area contributed by atoms with E-state index in [-0.39, 0.29) is 17.2 Å². The summed E-state index contributed by atoms with van der Waals surface area (Å²) in [5.41, 5.74) is 1.34. The molecular weight excluding hydrogens is 352 g/mol. The van der Waals surface area contributed by atoms with E-state index >= 15 is 0 Å². The average molecular weight is 372 g/mol. The second kappa shape index (κ2) is 8.44. The molecule has 0 saturated heterocycles.